The van der Waals surface area contributed by atoms with Crippen LogP contribution in [0.1, 0.15) is 22.6 Å². The van der Waals surface area contributed by atoms with E-state index in [1.54, 1.807) is 13.1 Å². The van der Waals surface area contributed by atoms with Gasteiger partial charge < -0.3 is 14.0 Å². The van der Waals surface area contributed by atoms with Gasteiger partial charge in [-0.1, -0.05) is 30.3 Å². The molecule has 9 heteroatoms. The number of esters is 1. The number of hydrazone groups is 1. The molecule has 0 spiro atoms. The highest BCUT2D eigenvalue weighted by Crippen LogP contribution is 2.45. The standard InChI is InChI=1S/C24H25N3O4S2/c1-2-30-23(29)15-27-14-18(20-5-3-4-6-21(20)27)13-25-26-22(28)16-31-19-9-7-17(8-10-19)24-32-11-12-33-24/h3-10,13-14,24H,2,11-12,15-16H2,1H3,(H,26,28)/b25-13-. The van der Waals surface area contributed by atoms with Crippen LogP contribution < -0.4 is 10.2 Å². The van der Waals surface area contributed by atoms with E-state index in [0.717, 1.165) is 16.5 Å². The van der Waals surface area contributed by atoms with E-state index in [0.29, 0.717) is 16.9 Å². The van der Waals surface area contributed by atoms with Gasteiger partial charge in [-0.05, 0) is 30.7 Å². The summed E-state index contributed by atoms with van der Waals surface area (Å²) in [7, 11) is 0. The van der Waals surface area contributed by atoms with Gasteiger partial charge in [0.25, 0.3) is 5.91 Å². The number of carbonyl (C=O) groups excluding carboxylic acids is 2. The zero-order valence-corrected chi connectivity index (χ0v) is 19.9. The molecule has 0 bridgehead atoms. The van der Waals surface area contributed by atoms with Gasteiger partial charge in [-0.15, -0.1) is 23.5 Å². The first-order valence-electron chi connectivity index (χ1n) is 10.7. The van der Waals surface area contributed by atoms with Gasteiger partial charge in [0, 0.05) is 34.2 Å². The van der Waals surface area contributed by atoms with E-state index in [1.807, 2.05) is 82.8 Å². The molecule has 7 nitrogen and oxygen atoms in total. The normalized spacial score (nSPS) is 14.1. The van der Waals surface area contributed by atoms with Crippen LogP contribution in [0.3, 0.4) is 0 Å². The summed E-state index contributed by atoms with van der Waals surface area (Å²) < 4.78 is 12.9. The molecule has 0 aliphatic carbocycles. The predicted octanol–water partition coefficient (Wildman–Crippen LogP) is 4.21. The van der Waals surface area contributed by atoms with Gasteiger partial charge in [0.15, 0.2) is 6.61 Å². The summed E-state index contributed by atoms with van der Waals surface area (Å²) in [4.78, 5) is 24.0. The monoisotopic (exact) mass is 483 g/mol. The van der Waals surface area contributed by atoms with Crippen LogP contribution in [0, 0.1) is 0 Å². The number of benzene rings is 2. The highest BCUT2D eigenvalue weighted by atomic mass is 32.2. The van der Waals surface area contributed by atoms with Crippen molar-refractivity contribution in [1.29, 1.82) is 0 Å². The Labute approximate surface area is 200 Å². The summed E-state index contributed by atoms with van der Waals surface area (Å²) in [6.07, 6.45) is 3.38. The van der Waals surface area contributed by atoms with Crippen LogP contribution in [0.2, 0.25) is 0 Å². The Balaban J connectivity index is 1.32. The van der Waals surface area contributed by atoms with Crippen LogP contribution in [0.4, 0.5) is 0 Å². The number of thioether (sulfide) groups is 2. The first-order valence-corrected chi connectivity index (χ1v) is 12.7. The lowest BCUT2D eigenvalue weighted by atomic mass is 10.2. The van der Waals surface area contributed by atoms with Crippen molar-refractivity contribution in [2.45, 2.75) is 18.1 Å². The molecule has 1 fully saturated rings. The summed E-state index contributed by atoms with van der Waals surface area (Å²) in [5.74, 6) is 2.35. The van der Waals surface area contributed by atoms with E-state index in [-0.39, 0.29) is 25.0 Å². The molecule has 0 atom stereocenters. The summed E-state index contributed by atoms with van der Waals surface area (Å²) in [5, 5.41) is 4.99. The Hall–Kier alpha value is -2.91. The number of carbonyl (C=O) groups is 2. The first-order chi connectivity index (χ1) is 16.1. The van der Waals surface area contributed by atoms with Crippen molar-refractivity contribution in [3.05, 3.63) is 65.9 Å². The van der Waals surface area contributed by atoms with E-state index >= 15 is 0 Å². The zero-order chi connectivity index (χ0) is 23.0. The first kappa shape index (κ1) is 23.3. The lowest BCUT2D eigenvalue weighted by Crippen LogP contribution is -2.24. The molecule has 1 aliphatic rings. The molecule has 33 heavy (non-hydrogen) atoms. The largest absolute Gasteiger partial charge is 0.484 e. The lowest BCUT2D eigenvalue weighted by Gasteiger charge is -2.10. The Kier molecular flexibility index (Phi) is 7.96. The van der Waals surface area contributed by atoms with Crippen molar-refractivity contribution in [2.24, 2.45) is 5.10 Å². The van der Waals surface area contributed by atoms with Gasteiger partial charge in [-0.3, -0.25) is 9.59 Å². The van der Waals surface area contributed by atoms with Crippen LogP contribution in [-0.4, -0.2) is 47.4 Å². The molecule has 1 aromatic heterocycles. The molecule has 2 aromatic carbocycles. The van der Waals surface area contributed by atoms with Crippen LogP contribution >= 0.6 is 23.5 Å². The third-order valence-corrected chi connectivity index (χ3v) is 8.07. The highest BCUT2D eigenvalue weighted by Gasteiger charge is 2.18. The number of ether oxygens (including phenoxy) is 2. The minimum Gasteiger partial charge on any atom is -0.484 e. The highest BCUT2D eigenvalue weighted by molar-refractivity contribution is 8.19. The number of fused-ring (bicyclic) bond motifs is 1. The van der Waals surface area contributed by atoms with Gasteiger partial charge in [0.05, 0.1) is 17.4 Å². The fourth-order valence-electron chi connectivity index (χ4n) is 3.48. The quantitative estimate of drug-likeness (QED) is 0.279. The second-order valence-corrected chi connectivity index (χ2v) is 9.98. The zero-order valence-electron chi connectivity index (χ0n) is 18.2. The minimum absolute atomic E-state index is 0.110. The number of amides is 1. The van der Waals surface area contributed by atoms with Crippen LogP contribution in [0.5, 0.6) is 5.75 Å². The van der Waals surface area contributed by atoms with Crippen LogP contribution in [-0.2, 0) is 20.9 Å². The molecule has 1 saturated heterocycles. The number of nitrogens with zero attached hydrogens (tertiary/aromatic N) is 2. The third kappa shape index (κ3) is 6.11. The maximum absolute atomic E-state index is 12.1. The summed E-state index contributed by atoms with van der Waals surface area (Å²) in [6.45, 7) is 2.09. The Morgan fingerprint density at radius 2 is 1.91 bits per heavy atom. The summed E-state index contributed by atoms with van der Waals surface area (Å²) in [6, 6.07) is 15.6. The maximum atomic E-state index is 12.1. The third-order valence-electron chi connectivity index (χ3n) is 4.96. The lowest BCUT2D eigenvalue weighted by molar-refractivity contribution is -0.143. The van der Waals surface area contributed by atoms with Gasteiger partial charge in [-0.2, -0.15) is 5.10 Å². The molecule has 172 valence electrons. The maximum Gasteiger partial charge on any atom is 0.325 e. The Bertz CT molecular complexity index is 1140. The number of rotatable bonds is 9. The van der Waals surface area contributed by atoms with Gasteiger partial charge in [0.1, 0.15) is 12.3 Å². The second kappa shape index (κ2) is 11.3. The van der Waals surface area contributed by atoms with Crippen molar-refractivity contribution < 1.29 is 19.1 Å². The number of para-hydroxylation sites is 1. The SMILES string of the molecule is CCOC(=O)Cn1cc(/C=N\NC(=O)COc2ccc(C3SCCS3)cc2)c2ccccc21. The molecular weight excluding hydrogens is 458 g/mol. The number of nitrogens with one attached hydrogen (secondary N) is 1. The molecule has 1 N–H and O–H groups in total. The van der Waals surface area contributed by atoms with Crippen LogP contribution in [0.25, 0.3) is 10.9 Å². The van der Waals surface area contributed by atoms with E-state index in [2.05, 4.69) is 10.5 Å². The summed E-state index contributed by atoms with van der Waals surface area (Å²) in [5.41, 5.74) is 5.43. The minimum atomic E-state index is -0.354. The van der Waals surface area contributed by atoms with E-state index in [1.165, 1.54) is 17.1 Å². The molecule has 1 amide bonds. The number of hydrogen-bond acceptors (Lipinski definition) is 7. The average molecular weight is 484 g/mol. The molecule has 1 aliphatic heterocycles. The van der Waals surface area contributed by atoms with E-state index in [9.17, 15) is 9.59 Å². The van der Waals surface area contributed by atoms with Crippen molar-refractivity contribution in [1.82, 2.24) is 9.99 Å². The predicted molar refractivity (Wildman–Crippen MR) is 134 cm³/mol. The molecule has 4 rings (SSSR count). The fraction of sp³-hybridized carbons (Fsp3) is 0.292. The second-order valence-electron chi connectivity index (χ2n) is 7.26. The van der Waals surface area contributed by atoms with Gasteiger partial charge in [-0.25, -0.2) is 5.43 Å². The number of hydrogen-bond donors (Lipinski definition) is 1. The molecular formula is C24H25N3O4S2. The van der Waals surface area contributed by atoms with Crippen molar-refractivity contribution in [3.8, 4) is 5.75 Å². The smallest absolute Gasteiger partial charge is 0.325 e. The van der Waals surface area contributed by atoms with Crippen LogP contribution in [0.15, 0.2) is 59.8 Å². The molecule has 0 saturated carbocycles. The van der Waals surface area contributed by atoms with E-state index in [4.69, 9.17) is 9.47 Å². The fourth-order valence-corrected chi connectivity index (χ4v) is 6.34. The number of aromatic nitrogens is 1. The Morgan fingerprint density at radius 1 is 1.15 bits per heavy atom. The van der Waals surface area contributed by atoms with Crippen molar-refractivity contribution in [3.63, 3.8) is 0 Å². The topological polar surface area (TPSA) is 81.9 Å². The molecule has 2 heterocycles. The molecule has 3 aromatic rings. The van der Waals surface area contributed by atoms with Crippen molar-refractivity contribution >= 4 is 52.5 Å². The van der Waals surface area contributed by atoms with Gasteiger partial charge in [0.2, 0.25) is 0 Å². The van der Waals surface area contributed by atoms with Gasteiger partial charge >= 0.3 is 5.97 Å². The average Bonchev–Trinajstić information content (AvgIpc) is 3.48. The molecule has 0 unspecified atom stereocenters. The Morgan fingerprint density at radius 3 is 2.67 bits per heavy atom. The summed E-state index contributed by atoms with van der Waals surface area (Å²) >= 11 is 3.90. The molecule has 0 radical (unpaired) electrons. The van der Waals surface area contributed by atoms with E-state index < -0.39 is 0 Å². The van der Waals surface area contributed by atoms with Crippen molar-refractivity contribution in [2.75, 3.05) is 24.7 Å².